The highest BCUT2D eigenvalue weighted by molar-refractivity contribution is 6.40. The van der Waals surface area contributed by atoms with E-state index in [1.54, 1.807) is 19.1 Å². The Hall–Kier alpha value is -1.81. The molecule has 0 radical (unpaired) electrons. The maximum Gasteiger partial charge on any atom is 0.421 e. The Morgan fingerprint density at radius 3 is 2.78 bits per heavy atom. The van der Waals surface area contributed by atoms with Gasteiger partial charge in [-0.15, -0.1) is 0 Å². The molecule has 3 rings (SSSR count). The number of anilines is 1. The van der Waals surface area contributed by atoms with Crippen LogP contribution in [0.3, 0.4) is 0 Å². The van der Waals surface area contributed by atoms with E-state index in [2.05, 4.69) is 0 Å². The third kappa shape index (κ3) is 3.13. The molecule has 122 valence electrons. The molecule has 0 atom stereocenters. The van der Waals surface area contributed by atoms with Gasteiger partial charge in [0.1, 0.15) is 0 Å². The predicted octanol–water partition coefficient (Wildman–Crippen LogP) is 4.81. The van der Waals surface area contributed by atoms with Crippen LogP contribution in [0, 0.1) is 5.92 Å². The van der Waals surface area contributed by atoms with Gasteiger partial charge in [-0.1, -0.05) is 43.0 Å². The zero-order chi connectivity index (χ0) is 16.4. The molecule has 0 aromatic heterocycles. The first-order valence-corrected chi connectivity index (χ1v) is 8.52. The molecule has 0 bridgehead atoms. The molecule has 4 nitrogen and oxygen atoms in total. The lowest BCUT2D eigenvalue weighted by atomic mass is 9.87. The summed E-state index contributed by atoms with van der Waals surface area (Å²) < 4.78 is 5.03. The Morgan fingerprint density at radius 1 is 1.35 bits per heavy atom. The summed E-state index contributed by atoms with van der Waals surface area (Å²) in [6.45, 7) is 1.94. The first kappa shape index (κ1) is 16.1. The molecule has 1 aromatic carbocycles. The number of hydrogen-bond acceptors (Lipinski definition) is 3. The second-order valence-electron chi connectivity index (χ2n) is 5.98. The van der Waals surface area contributed by atoms with Crippen LogP contribution >= 0.6 is 11.6 Å². The molecule has 1 fully saturated rings. The Kier molecular flexibility index (Phi) is 4.71. The molecule has 1 aliphatic carbocycles. The molecule has 1 heterocycles. The predicted molar refractivity (Wildman–Crippen MR) is 90.5 cm³/mol. The van der Waals surface area contributed by atoms with Crippen molar-refractivity contribution >= 4 is 34.9 Å². The molecular weight excluding hydrogens is 314 g/mol. The molecule has 0 saturated heterocycles. The van der Waals surface area contributed by atoms with Crippen molar-refractivity contribution in [2.45, 2.75) is 39.0 Å². The normalized spacial score (nSPS) is 20.0. The summed E-state index contributed by atoms with van der Waals surface area (Å²) >= 11 is 6.05. The molecule has 1 aromatic rings. The number of ether oxygens (including phenoxy) is 1. The topological polar surface area (TPSA) is 46.6 Å². The van der Waals surface area contributed by atoms with Crippen LogP contribution in [0.5, 0.6) is 0 Å². The maximum atomic E-state index is 12.8. The number of imide groups is 1. The van der Waals surface area contributed by atoms with E-state index in [-0.39, 0.29) is 12.5 Å². The standard InChI is InChI=1S/C18H20ClNO3/c1-2-23-18(22)20-16-11-13(19)8-9-14(16)15(17(20)21)10-12-6-4-3-5-7-12/h8-12H,2-7H2,1H3/b15-10+. The maximum absolute atomic E-state index is 12.8. The van der Waals surface area contributed by atoms with E-state index >= 15 is 0 Å². The Bertz CT molecular complexity index is 662. The summed E-state index contributed by atoms with van der Waals surface area (Å²) in [6.07, 6.45) is 7.23. The van der Waals surface area contributed by atoms with E-state index in [4.69, 9.17) is 16.3 Å². The second kappa shape index (κ2) is 6.75. The highest BCUT2D eigenvalue weighted by Crippen LogP contribution is 2.40. The van der Waals surface area contributed by atoms with Crippen molar-refractivity contribution in [2.75, 3.05) is 11.5 Å². The van der Waals surface area contributed by atoms with Crippen LogP contribution in [0.25, 0.3) is 5.57 Å². The van der Waals surface area contributed by atoms with Crippen LogP contribution < -0.4 is 4.90 Å². The molecule has 1 saturated carbocycles. The van der Waals surface area contributed by atoms with Gasteiger partial charge in [0.15, 0.2) is 0 Å². The number of amides is 2. The van der Waals surface area contributed by atoms with Gasteiger partial charge in [0, 0.05) is 16.2 Å². The van der Waals surface area contributed by atoms with Gasteiger partial charge in [0.05, 0.1) is 12.3 Å². The lowest BCUT2D eigenvalue weighted by Crippen LogP contribution is -2.34. The number of nitrogens with zero attached hydrogens (tertiary/aromatic N) is 1. The fourth-order valence-electron chi connectivity index (χ4n) is 3.33. The second-order valence-corrected chi connectivity index (χ2v) is 6.42. The van der Waals surface area contributed by atoms with Crippen LogP contribution in [-0.4, -0.2) is 18.6 Å². The Balaban J connectivity index is 2.00. The van der Waals surface area contributed by atoms with Gasteiger partial charge in [-0.05, 0) is 37.8 Å². The van der Waals surface area contributed by atoms with Gasteiger partial charge in [-0.3, -0.25) is 4.79 Å². The summed E-state index contributed by atoms with van der Waals surface area (Å²) in [5, 5.41) is 0.491. The van der Waals surface area contributed by atoms with E-state index in [0.717, 1.165) is 23.3 Å². The van der Waals surface area contributed by atoms with Crippen LogP contribution in [0.4, 0.5) is 10.5 Å². The van der Waals surface area contributed by atoms with Gasteiger partial charge in [0.2, 0.25) is 0 Å². The van der Waals surface area contributed by atoms with Crippen molar-refractivity contribution in [1.82, 2.24) is 0 Å². The van der Waals surface area contributed by atoms with Crippen molar-refractivity contribution < 1.29 is 14.3 Å². The molecule has 2 amide bonds. The molecular formula is C18H20ClNO3. The number of carbonyl (C=O) groups excluding carboxylic acids is 2. The van der Waals surface area contributed by atoms with E-state index in [0.29, 0.717) is 22.2 Å². The SMILES string of the molecule is CCOC(=O)N1C(=O)/C(=C/C2CCCCC2)c2ccc(Cl)cc21. The van der Waals surface area contributed by atoms with Gasteiger partial charge in [-0.25, -0.2) is 9.69 Å². The number of fused-ring (bicyclic) bond motifs is 1. The van der Waals surface area contributed by atoms with Gasteiger partial charge in [0.25, 0.3) is 5.91 Å². The number of halogens is 1. The fraction of sp³-hybridized carbons (Fsp3) is 0.444. The largest absolute Gasteiger partial charge is 0.449 e. The van der Waals surface area contributed by atoms with Crippen molar-refractivity contribution in [3.63, 3.8) is 0 Å². The minimum atomic E-state index is -0.645. The third-order valence-electron chi connectivity index (χ3n) is 4.43. The van der Waals surface area contributed by atoms with Crippen LogP contribution in [0.1, 0.15) is 44.6 Å². The van der Waals surface area contributed by atoms with Crippen molar-refractivity contribution in [3.8, 4) is 0 Å². The van der Waals surface area contributed by atoms with Gasteiger partial charge in [-0.2, -0.15) is 0 Å². The highest BCUT2D eigenvalue weighted by atomic mass is 35.5. The molecule has 23 heavy (non-hydrogen) atoms. The van der Waals surface area contributed by atoms with Crippen molar-refractivity contribution in [3.05, 3.63) is 34.9 Å². The van der Waals surface area contributed by atoms with Gasteiger partial charge >= 0.3 is 6.09 Å². The Morgan fingerprint density at radius 2 is 2.09 bits per heavy atom. The number of hydrogen-bond donors (Lipinski definition) is 0. The number of benzene rings is 1. The van der Waals surface area contributed by atoms with E-state index < -0.39 is 6.09 Å². The lowest BCUT2D eigenvalue weighted by Gasteiger charge is -2.18. The molecule has 2 aliphatic rings. The molecule has 0 N–H and O–H groups in total. The zero-order valence-electron chi connectivity index (χ0n) is 13.2. The van der Waals surface area contributed by atoms with E-state index in [1.807, 2.05) is 12.1 Å². The summed E-state index contributed by atoms with van der Waals surface area (Å²) in [7, 11) is 0. The van der Waals surface area contributed by atoms with E-state index in [1.165, 1.54) is 19.3 Å². The number of rotatable bonds is 2. The monoisotopic (exact) mass is 333 g/mol. The number of allylic oxidation sites excluding steroid dienone is 1. The van der Waals surface area contributed by atoms with Crippen LogP contribution in [-0.2, 0) is 9.53 Å². The average molecular weight is 334 g/mol. The summed E-state index contributed by atoms with van der Waals surface area (Å²) in [5.74, 6) is 0.0830. The molecule has 0 unspecified atom stereocenters. The molecule has 0 spiro atoms. The zero-order valence-corrected chi connectivity index (χ0v) is 13.9. The van der Waals surface area contributed by atoms with Crippen LogP contribution in [0.2, 0.25) is 5.02 Å². The van der Waals surface area contributed by atoms with Crippen molar-refractivity contribution in [1.29, 1.82) is 0 Å². The summed E-state index contributed by atoms with van der Waals surface area (Å²) in [5.41, 5.74) is 1.87. The van der Waals surface area contributed by atoms with E-state index in [9.17, 15) is 9.59 Å². The van der Waals surface area contributed by atoms with Crippen LogP contribution in [0.15, 0.2) is 24.3 Å². The average Bonchev–Trinajstić information content (AvgIpc) is 2.80. The minimum Gasteiger partial charge on any atom is -0.449 e. The summed E-state index contributed by atoms with van der Waals surface area (Å²) in [4.78, 5) is 26.1. The minimum absolute atomic E-state index is 0.222. The first-order chi connectivity index (χ1) is 11.1. The highest BCUT2D eigenvalue weighted by Gasteiger charge is 2.38. The third-order valence-corrected chi connectivity index (χ3v) is 4.66. The lowest BCUT2D eigenvalue weighted by molar-refractivity contribution is -0.112. The molecule has 5 heteroatoms. The summed E-state index contributed by atoms with van der Waals surface area (Å²) in [6, 6.07) is 5.20. The quantitative estimate of drug-likeness (QED) is 0.730. The molecule has 1 aliphatic heterocycles. The van der Waals surface area contributed by atoms with Crippen molar-refractivity contribution in [2.24, 2.45) is 5.92 Å². The fourth-order valence-corrected chi connectivity index (χ4v) is 3.50. The first-order valence-electron chi connectivity index (χ1n) is 8.14. The number of carbonyl (C=O) groups is 2. The Labute approximate surface area is 141 Å². The van der Waals surface area contributed by atoms with Gasteiger partial charge < -0.3 is 4.74 Å². The smallest absolute Gasteiger partial charge is 0.421 e.